The van der Waals surface area contributed by atoms with Gasteiger partial charge in [0.05, 0.1) is 4.34 Å². The first kappa shape index (κ1) is 12.5. The average Bonchev–Trinajstić information content (AvgIpc) is 2.59. The van der Waals surface area contributed by atoms with Crippen molar-refractivity contribution in [1.29, 1.82) is 0 Å². The van der Waals surface area contributed by atoms with Gasteiger partial charge in [-0.3, -0.25) is 4.79 Å². The molecular weight excluding hydrogens is 232 g/mol. The number of nitrogens with one attached hydrogen (secondary N) is 1. The van der Waals surface area contributed by atoms with E-state index in [9.17, 15) is 4.79 Å². The van der Waals surface area contributed by atoms with E-state index >= 15 is 0 Å². The van der Waals surface area contributed by atoms with Crippen LogP contribution in [0.3, 0.4) is 0 Å². The predicted molar refractivity (Wildman–Crippen MR) is 64.2 cm³/mol. The molecule has 1 atom stereocenters. The first-order valence-electron chi connectivity index (χ1n) is 4.85. The van der Waals surface area contributed by atoms with Gasteiger partial charge in [-0.15, -0.1) is 11.3 Å². The third-order valence-corrected chi connectivity index (χ3v) is 3.25. The molecule has 5 heteroatoms. The van der Waals surface area contributed by atoms with E-state index in [-0.39, 0.29) is 11.9 Å². The van der Waals surface area contributed by atoms with Crippen molar-refractivity contribution >= 4 is 28.8 Å². The van der Waals surface area contributed by atoms with Gasteiger partial charge in [0.25, 0.3) is 0 Å². The molecule has 3 nitrogen and oxygen atoms in total. The van der Waals surface area contributed by atoms with Gasteiger partial charge in [0.1, 0.15) is 0 Å². The third-order valence-electron chi connectivity index (χ3n) is 2.14. The molecule has 15 heavy (non-hydrogen) atoms. The van der Waals surface area contributed by atoms with Crippen molar-refractivity contribution < 1.29 is 4.79 Å². The monoisotopic (exact) mass is 246 g/mol. The summed E-state index contributed by atoms with van der Waals surface area (Å²) in [6.07, 6.45) is 1.21. The molecule has 1 aromatic heterocycles. The van der Waals surface area contributed by atoms with Crippen LogP contribution >= 0.6 is 22.9 Å². The molecule has 0 saturated carbocycles. The summed E-state index contributed by atoms with van der Waals surface area (Å²) in [5.74, 6) is -0.247. The second-order valence-electron chi connectivity index (χ2n) is 3.43. The summed E-state index contributed by atoms with van der Waals surface area (Å²) in [5, 5.41) is 5.34. The lowest BCUT2D eigenvalue weighted by Gasteiger charge is -2.11. The highest BCUT2D eigenvalue weighted by Gasteiger charge is 2.06. The van der Waals surface area contributed by atoms with Crippen LogP contribution in [-0.2, 0) is 4.79 Å². The average molecular weight is 247 g/mol. The van der Waals surface area contributed by atoms with Crippen molar-refractivity contribution in [2.45, 2.75) is 25.8 Å². The van der Waals surface area contributed by atoms with Crippen LogP contribution in [0.5, 0.6) is 0 Å². The lowest BCUT2D eigenvalue weighted by Crippen LogP contribution is -2.21. The van der Waals surface area contributed by atoms with Crippen LogP contribution in [0.4, 0.5) is 0 Å². The van der Waals surface area contributed by atoms with E-state index in [4.69, 9.17) is 17.3 Å². The summed E-state index contributed by atoms with van der Waals surface area (Å²) in [5.41, 5.74) is 6.23. The van der Waals surface area contributed by atoms with E-state index in [1.165, 1.54) is 16.9 Å². The van der Waals surface area contributed by atoms with Crippen LogP contribution in [0.15, 0.2) is 11.4 Å². The van der Waals surface area contributed by atoms with Crippen molar-refractivity contribution in [2.75, 3.05) is 6.54 Å². The fourth-order valence-corrected chi connectivity index (χ4v) is 2.23. The molecule has 3 N–H and O–H groups in total. The highest BCUT2D eigenvalue weighted by molar-refractivity contribution is 7.14. The highest BCUT2D eigenvalue weighted by atomic mass is 35.5. The van der Waals surface area contributed by atoms with Crippen LogP contribution in [0.25, 0.3) is 0 Å². The minimum atomic E-state index is -0.247. The maximum Gasteiger partial charge on any atom is 0.217 e. The van der Waals surface area contributed by atoms with Crippen molar-refractivity contribution in [3.8, 4) is 0 Å². The van der Waals surface area contributed by atoms with Gasteiger partial charge >= 0.3 is 0 Å². The number of thiophene rings is 1. The fraction of sp³-hybridized carbons (Fsp3) is 0.500. The van der Waals surface area contributed by atoms with Crippen LogP contribution in [0, 0.1) is 0 Å². The van der Waals surface area contributed by atoms with E-state index in [2.05, 4.69) is 12.2 Å². The molecular formula is C10H15ClN2OS. The number of carbonyl (C=O) groups is 1. The summed E-state index contributed by atoms with van der Waals surface area (Å²) in [7, 11) is 0. The maximum absolute atomic E-state index is 10.5. The molecule has 0 aliphatic rings. The molecule has 84 valence electrons. The molecule has 1 rings (SSSR count). The van der Waals surface area contributed by atoms with Crippen molar-refractivity contribution in [2.24, 2.45) is 5.73 Å². The van der Waals surface area contributed by atoms with E-state index in [1.807, 2.05) is 11.4 Å². The Balaban J connectivity index is 2.24. The van der Waals surface area contributed by atoms with Gasteiger partial charge in [-0.25, -0.2) is 0 Å². The number of primary amides is 1. The molecule has 1 heterocycles. The molecule has 0 spiro atoms. The van der Waals surface area contributed by atoms with E-state index in [0.717, 1.165) is 17.3 Å². The third kappa shape index (κ3) is 4.64. The minimum Gasteiger partial charge on any atom is -0.370 e. The molecule has 0 aromatic carbocycles. The lowest BCUT2D eigenvalue weighted by atomic mass is 10.2. The summed E-state index contributed by atoms with van der Waals surface area (Å²) in [6, 6.07) is 2.22. The topological polar surface area (TPSA) is 55.1 Å². The summed E-state index contributed by atoms with van der Waals surface area (Å²) >= 11 is 7.37. The molecule has 0 bridgehead atoms. The Labute approximate surface area is 98.6 Å². The number of hydrogen-bond acceptors (Lipinski definition) is 3. The predicted octanol–water partition coefficient (Wildman–Crippen LogP) is 2.32. The number of rotatable bonds is 6. The van der Waals surface area contributed by atoms with E-state index in [1.54, 1.807) is 0 Å². The quantitative estimate of drug-likeness (QED) is 0.757. The minimum absolute atomic E-state index is 0.247. The van der Waals surface area contributed by atoms with Gasteiger partial charge in [0, 0.05) is 12.5 Å². The van der Waals surface area contributed by atoms with E-state index < -0.39 is 0 Å². The van der Waals surface area contributed by atoms with Crippen LogP contribution < -0.4 is 11.1 Å². The van der Waals surface area contributed by atoms with Gasteiger partial charge in [0.15, 0.2) is 0 Å². The molecule has 0 radical (unpaired) electrons. The zero-order valence-corrected chi connectivity index (χ0v) is 10.2. The SMILES string of the molecule is CC(NCCCC(N)=O)c1csc(Cl)c1. The lowest BCUT2D eigenvalue weighted by molar-refractivity contribution is -0.118. The standard InChI is InChI=1S/C10H15ClN2OS/c1-7(8-5-9(11)15-6-8)13-4-2-3-10(12)14/h5-7,13H,2-4H2,1H3,(H2,12,14). The molecule has 1 amide bonds. The van der Waals surface area contributed by atoms with Gasteiger partial charge in [-0.2, -0.15) is 0 Å². The molecule has 0 aliphatic carbocycles. The van der Waals surface area contributed by atoms with Crippen LogP contribution in [0.1, 0.15) is 31.4 Å². The smallest absolute Gasteiger partial charge is 0.217 e. The van der Waals surface area contributed by atoms with Gasteiger partial charge in [0.2, 0.25) is 5.91 Å². The number of nitrogens with two attached hydrogens (primary N) is 1. The second kappa shape index (κ2) is 6.10. The number of amides is 1. The van der Waals surface area contributed by atoms with Crippen molar-refractivity contribution in [3.05, 3.63) is 21.3 Å². The van der Waals surface area contributed by atoms with Gasteiger partial charge < -0.3 is 11.1 Å². The first-order chi connectivity index (χ1) is 7.09. The van der Waals surface area contributed by atoms with E-state index in [0.29, 0.717) is 6.42 Å². The Morgan fingerprint density at radius 1 is 1.73 bits per heavy atom. The fourth-order valence-electron chi connectivity index (χ4n) is 1.25. The molecule has 1 unspecified atom stereocenters. The van der Waals surface area contributed by atoms with Crippen molar-refractivity contribution in [1.82, 2.24) is 5.32 Å². The first-order valence-corrected chi connectivity index (χ1v) is 6.11. The van der Waals surface area contributed by atoms with Crippen LogP contribution in [-0.4, -0.2) is 12.5 Å². The normalized spacial score (nSPS) is 12.7. The zero-order chi connectivity index (χ0) is 11.3. The largest absolute Gasteiger partial charge is 0.370 e. The van der Waals surface area contributed by atoms with Crippen molar-refractivity contribution in [3.63, 3.8) is 0 Å². The Hall–Kier alpha value is -0.580. The summed E-state index contributed by atoms with van der Waals surface area (Å²) in [4.78, 5) is 10.5. The molecule has 0 saturated heterocycles. The Morgan fingerprint density at radius 3 is 3.00 bits per heavy atom. The molecule has 0 aliphatic heterocycles. The molecule has 0 fully saturated rings. The summed E-state index contributed by atoms with van der Waals surface area (Å²) in [6.45, 7) is 2.86. The Morgan fingerprint density at radius 2 is 2.47 bits per heavy atom. The number of hydrogen-bond donors (Lipinski definition) is 2. The van der Waals surface area contributed by atoms with Crippen LogP contribution in [0.2, 0.25) is 4.34 Å². The summed E-state index contributed by atoms with van der Waals surface area (Å²) < 4.78 is 0.802. The Kier molecular flexibility index (Phi) is 5.08. The van der Waals surface area contributed by atoms with Gasteiger partial charge in [-0.1, -0.05) is 11.6 Å². The van der Waals surface area contributed by atoms with Gasteiger partial charge in [-0.05, 0) is 36.9 Å². The Bertz CT molecular complexity index is 327. The second-order valence-corrected chi connectivity index (χ2v) is 4.97. The highest BCUT2D eigenvalue weighted by Crippen LogP contribution is 2.24. The number of carbonyl (C=O) groups excluding carboxylic acids is 1. The maximum atomic E-state index is 10.5. The zero-order valence-electron chi connectivity index (χ0n) is 8.63. The number of halogens is 1. The molecule has 1 aromatic rings.